The molecule has 3 atom stereocenters. The van der Waals surface area contributed by atoms with Gasteiger partial charge in [-0.25, -0.2) is 0 Å². The Hall–Kier alpha value is -0.220. The quantitative estimate of drug-likeness (QED) is 0.645. The van der Waals surface area contributed by atoms with Gasteiger partial charge in [-0.05, 0) is 26.6 Å². The van der Waals surface area contributed by atoms with E-state index in [9.17, 15) is 4.79 Å². The Labute approximate surface area is 104 Å². The molecule has 0 radical (unpaired) electrons. The van der Waals surface area contributed by atoms with E-state index in [4.69, 9.17) is 4.74 Å². The number of hydrogen-bond acceptors (Lipinski definition) is 4. The number of rotatable bonds is 7. The molecular formula is C12H25NO2S. The monoisotopic (exact) mass is 247 g/mol. The van der Waals surface area contributed by atoms with Crippen LogP contribution < -0.4 is 0 Å². The molecule has 3 unspecified atom stereocenters. The Morgan fingerprint density at radius 2 is 2.00 bits per heavy atom. The summed E-state index contributed by atoms with van der Waals surface area (Å²) in [5.41, 5.74) is 0. The molecule has 0 aromatic rings. The highest BCUT2D eigenvalue weighted by molar-refractivity contribution is 7.98. The van der Waals surface area contributed by atoms with Gasteiger partial charge in [-0.3, -0.25) is 9.69 Å². The Balaban J connectivity index is 4.44. The first kappa shape index (κ1) is 15.8. The minimum Gasteiger partial charge on any atom is -0.469 e. The molecule has 0 aliphatic rings. The summed E-state index contributed by atoms with van der Waals surface area (Å²) < 4.78 is 4.79. The average Bonchev–Trinajstić information content (AvgIpc) is 2.32. The van der Waals surface area contributed by atoms with Crippen LogP contribution in [0.2, 0.25) is 0 Å². The third-order valence-corrected chi connectivity index (χ3v) is 4.06. The van der Waals surface area contributed by atoms with Crippen LogP contribution in [0.15, 0.2) is 0 Å². The maximum Gasteiger partial charge on any atom is 0.309 e. The Bertz CT molecular complexity index is 211. The topological polar surface area (TPSA) is 29.5 Å². The highest BCUT2D eigenvalue weighted by Crippen LogP contribution is 2.17. The molecule has 0 bridgehead atoms. The van der Waals surface area contributed by atoms with E-state index >= 15 is 0 Å². The lowest BCUT2D eigenvalue weighted by Crippen LogP contribution is -2.45. The molecule has 0 saturated heterocycles. The zero-order valence-corrected chi connectivity index (χ0v) is 12.1. The molecule has 0 amide bonds. The van der Waals surface area contributed by atoms with Crippen molar-refractivity contribution in [1.29, 1.82) is 0 Å². The fourth-order valence-electron chi connectivity index (χ4n) is 1.78. The van der Waals surface area contributed by atoms with Crippen molar-refractivity contribution in [2.75, 3.05) is 26.2 Å². The van der Waals surface area contributed by atoms with E-state index in [0.717, 1.165) is 12.2 Å². The van der Waals surface area contributed by atoms with Crippen molar-refractivity contribution in [2.45, 2.75) is 39.3 Å². The van der Waals surface area contributed by atoms with Gasteiger partial charge >= 0.3 is 5.97 Å². The minimum absolute atomic E-state index is 0.0779. The van der Waals surface area contributed by atoms with Gasteiger partial charge in [0.25, 0.3) is 0 Å². The number of thioether (sulfide) groups is 1. The molecule has 0 aromatic carbocycles. The molecule has 0 aliphatic heterocycles. The number of hydrogen-bond donors (Lipinski definition) is 0. The predicted octanol–water partition coefficient (Wildman–Crippen LogP) is 2.26. The number of carbonyl (C=O) groups is 1. The summed E-state index contributed by atoms with van der Waals surface area (Å²) in [5.74, 6) is 0.898. The van der Waals surface area contributed by atoms with Crippen molar-refractivity contribution < 1.29 is 9.53 Å². The summed E-state index contributed by atoms with van der Waals surface area (Å²) in [5, 5.41) is 0. The molecular weight excluding hydrogens is 222 g/mol. The van der Waals surface area contributed by atoms with Gasteiger partial charge in [0.15, 0.2) is 0 Å². The fraction of sp³-hybridized carbons (Fsp3) is 0.917. The van der Waals surface area contributed by atoms with Gasteiger partial charge in [0.1, 0.15) is 0 Å². The number of nitrogens with zero attached hydrogens (tertiary/aromatic N) is 1. The van der Waals surface area contributed by atoms with Gasteiger partial charge in [0, 0.05) is 17.8 Å². The van der Waals surface area contributed by atoms with Gasteiger partial charge in [-0.15, -0.1) is 0 Å². The standard InChI is InChI=1S/C12H25NO2S/c1-7-11(8-16-6)13(4)10(3)9(2)12(14)15-5/h9-11H,7-8H2,1-6H3. The number of methoxy groups -OCH3 is 1. The van der Waals surface area contributed by atoms with Crippen LogP contribution in [0.25, 0.3) is 0 Å². The maximum absolute atomic E-state index is 11.5. The number of ether oxygens (including phenoxy) is 1. The van der Waals surface area contributed by atoms with Crippen LogP contribution in [-0.2, 0) is 9.53 Å². The van der Waals surface area contributed by atoms with Crippen LogP contribution >= 0.6 is 11.8 Å². The van der Waals surface area contributed by atoms with Gasteiger partial charge in [-0.2, -0.15) is 11.8 Å². The van der Waals surface area contributed by atoms with E-state index in [-0.39, 0.29) is 17.9 Å². The van der Waals surface area contributed by atoms with Gasteiger partial charge in [0.05, 0.1) is 13.0 Å². The summed E-state index contributed by atoms with van der Waals surface area (Å²) >= 11 is 1.85. The molecule has 0 heterocycles. The first-order valence-corrected chi connectivity index (χ1v) is 7.17. The third-order valence-electron chi connectivity index (χ3n) is 3.35. The van der Waals surface area contributed by atoms with Crippen molar-refractivity contribution in [2.24, 2.45) is 5.92 Å². The smallest absolute Gasteiger partial charge is 0.309 e. The van der Waals surface area contributed by atoms with Crippen LogP contribution in [-0.4, -0.2) is 49.1 Å². The SMILES string of the molecule is CCC(CSC)N(C)C(C)C(C)C(=O)OC. The highest BCUT2D eigenvalue weighted by atomic mass is 32.2. The molecule has 0 aliphatic carbocycles. The van der Waals surface area contributed by atoms with Crippen LogP contribution in [0, 0.1) is 5.92 Å². The van der Waals surface area contributed by atoms with E-state index in [1.54, 1.807) is 0 Å². The average molecular weight is 247 g/mol. The highest BCUT2D eigenvalue weighted by Gasteiger charge is 2.27. The molecule has 4 heteroatoms. The van der Waals surface area contributed by atoms with Crippen LogP contribution in [0.3, 0.4) is 0 Å². The van der Waals surface area contributed by atoms with Crippen LogP contribution in [0.5, 0.6) is 0 Å². The summed E-state index contributed by atoms with van der Waals surface area (Å²) in [7, 11) is 3.54. The molecule has 16 heavy (non-hydrogen) atoms. The van der Waals surface area contributed by atoms with Crippen molar-refractivity contribution in [1.82, 2.24) is 4.90 Å². The van der Waals surface area contributed by atoms with Crippen molar-refractivity contribution >= 4 is 17.7 Å². The Kier molecular flexibility index (Phi) is 7.85. The molecule has 96 valence electrons. The van der Waals surface area contributed by atoms with E-state index in [1.165, 1.54) is 7.11 Å². The second-order valence-electron chi connectivity index (χ2n) is 4.24. The van der Waals surface area contributed by atoms with E-state index < -0.39 is 0 Å². The summed E-state index contributed by atoms with van der Waals surface area (Å²) in [6, 6.07) is 0.738. The first-order valence-electron chi connectivity index (χ1n) is 5.78. The Morgan fingerprint density at radius 1 is 1.44 bits per heavy atom. The molecule has 0 saturated carbocycles. The number of esters is 1. The zero-order valence-electron chi connectivity index (χ0n) is 11.3. The molecule has 0 fully saturated rings. The maximum atomic E-state index is 11.5. The Morgan fingerprint density at radius 3 is 2.38 bits per heavy atom. The first-order chi connectivity index (χ1) is 7.49. The summed E-state index contributed by atoms with van der Waals surface area (Å²) in [6.07, 6.45) is 3.22. The molecule has 3 nitrogen and oxygen atoms in total. The van der Waals surface area contributed by atoms with Gasteiger partial charge in [0.2, 0.25) is 0 Å². The fourth-order valence-corrected chi connectivity index (χ4v) is 2.64. The second-order valence-corrected chi connectivity index (χ2v) is 5.15. The molecule has 0 N–H and O–H groups in total. The second kappa shape index (κ2) is 7.96. The summed E-state index contributed by atoms with van der Waals surface area (Å²) in [6.45, 7) is 6.20. The van der Waals surface area contributed by atoms with E-state index in [2.05, 4.69) is 32.1 Å². The predicted molar refractivity (Wildman–Crippen MR) is 70.9 cm³/mol. The lowest BCUT2D eigenvalue weighted by Gasteiger charge is -2.34. The summed E-state index contributed by atoms with van der Waals surface area (Å²) in [4.78, 5) is 13.8. The molecule has 0 aromatic heterocycles. The lowest BCUT2D eigenvalue weighted by atomic mass is 10.0. The van der Waals surface area contributed by atoms with Crippen LogP contribution in [0.1, 0.15) is 27.2 Å². The van der Waals surface area contributed by atoms with E-state index in [1.807, 2.05) is 18.7 Å². The normalized spacial score (nSPS) is 16.9. The molecule has 0 spiro atoms. The largest absolute Gasteiger partial charge is 0.469 e. The lowest BCUT2D eigenvalue weighted by molar-refractivity contribution is -0.147. The number of carbonyl (C=O) groups excluding carboxylic acids is 1. The van der Waals surface area contributed by atoms with Gasteiger partial charge in [-0.1, -0.05) is 13.8 Å². The van der Waals surface area contributed by atoms with E-state index in [0.29, 0.717) is 6.04 Å². The zero-order chi connectivity index (χ0) is 12.7. The van der Waals surface area contributed by atoms with Crippen molar-refractivity contribution in [3.63, 3.8) is 0 Å². The van der Waals surface area contributed by atoms with Crippen molar-refractivity contribution in [3.8, 4) is 0 Å². The van der Waals surface area contributed by atoms with Gasteiger partial charge < -0.3 is 4.74 Å². The minimum atomic E-state index is -0.127. The molecule has 0 rings (SSSR count). The van der Waals surface area contributed by atoms with Crippen LogP contribution in [0.4, 0.5) is 0 Å². The third kappa shape index (κ3) is 4.34. The van der Waals surface area contributed by atoms with Crippen molar-refractivity contribution in [3.05, 3.63) is 0 Å².